The third-order valence-electron chi connectivity index (χ3n) is 7.92. The van der Waals surface area contributed by atoms with E-state index in [-0.39, 0.29) is 36.7 Å². The summed E-state index contributed by atoms with van der Waals surface area (Å²) in [6.07, 6.45) is 6.20. The molecule has 0 amide bonds. The highest BCUT2D eigenvalue weighted by Crippen LogP contribution is 2.38. The number of thioether (sulfide) groups is 1. The second kappa shape index (κ2) is 16.7. The highest BCUT2D eigenvalue weighted by Gasteiger charge is 2.34. The highest BCUT2D eigenvalue weighted by atomic mass is 35.5. The van der Waals surface area contributed by atoms with Gasteiger partial charge in [-0.25, -0.2) is 4.39 Å². The van der Waals surface area contributed by atoms with Crippen LogP contribution in [-0.2, 0) is 24.1 Å². The molecule has 0 spiro atoms. The van der Waals surface area contributed by atoms with Crippen LogP contribution in [0.25, 0.3) is 0 Å². The van der Waals surface area contributed by atoms with Crippen molar-refractivity contribution in [2.75, 3.05) is 26.2 Å². The predicted molar refractivity (Wildman–Crippen MR) is 172 cm³/mol. The van der Waals surface area contributed by atoms with Gasteiger partial charge >= 0.3 is 6.18 Å². The van der Waals surface area contributed by atoms with Crippen LogP contribution in [0, 0.1) is 5.82 Å². The summed E-state index contributed by atoms with van der Waals surface area (Å²) in [5.41, 5.74) is 2.17. The van der Waals surface area contributed by atoms with Crippen molar-refractivity contribution in [3.8, 4) is 5.75 Å². The minimum absolute atomic E-state index is 0.0115. The van der Waals surface area contributed by atoms with Crippen molar-refractivity contribution in [1.29, 1.82) is 0 Å². The predicted octanol–water partition coefficient (Wildman–Crippen LogP) is 9.41. The monoisotopic (exact) mass is 663 g/mol. The molecule has 3 aromatic carbocycles. The first-order valence-electron chi connectivity index (χ1n) is 14.8. The molecule has 1 aliphatic carbocycles. The molecule has 0 fully saturated rings. The SMILES string of the molecule is CSc1cc(OCC[C@@H](C)N(Cc2cccc(C(F)(F)F)c2Cl)CC(C2=CCCC=C2)c2ccccc2)cc(F)c1COCO. The Kier molecular flexibility index (Phi) is 13.0. The first-order chi connectivity index (χ1) is 21.6. The molecule has 10 heteroatoms. The van der Waals surface area contributed by atoms with Gasteiger partial charge in [0.25, 0.3) is 0 Å². The lowest BCUT2D eigenvalue weighted by molar-refractivity contribution is -0.137. The summed E-state index contributed by atoms with van der Waals surface area (Å²) in [5.74, 6) is -0.134. The Morgan fingerprint density at radius 3 is 2.51 bits per heavy atom. The van der Waals surface area contributed by atoms with E-state index in [0.717, 1.165) is 24.5 Å². The number of alkyl halides is 3. The minimum atomic E-state index is -4.56. The van der Waals surface area contributed by atoms with Crippen LogP contribution < -0.4 is 4.74 Å². The molecule has 0 saturated heterocycles. The number of aliphatic hydroxyl groups is 1. The van der Waals surface area contributed by atoms with E-state index in [9.17, 15) is 17.6 Å². The van der Waals surface area contributed by atoms with Crippen LogP contribution in [0.4, 0.5) is 17.6 Å². The fourth-order valence-corrected chi connectivity index (χ4v) is 6.36. The number of benzene rings is 3. The van der Waals surface area contributed by atoms with Gasteiger partial charge in [0.1, 0.15) is 18.4 Å². The normalized spacial score (nSPS) is 14.8. The maximum absolute atomic E-state index is 14.8. The van der Waals surface area contributed by atoms with Crippen molar-refractivity contribution in [2.45, 2.75) is 62.4 Å². The molecule has 2 atom stereocenters. The number of hydrogen-bond acceptors (Lipinski definition) is 5. The van der Waals surface area contributed by atoms with Crippen LogP contribution in [0.2, 0.25) is 5.02 Å². The molecule has 0 aliphatic heterocycles. The number of aliphatic hydroxyl groups excluding tert-OH is 1. The second-order valence-electron chi connectivity index (χ2n) is 10.9. The molecule has 0 aromatic heterocycles. The summed E-state index contributed by atoms with van der Waals surface area (Å²) in [6.45, 7) is 2.45. The van der Waals surface area contributed by atoms with E-state index >= 15 is 0 Å². The van der Waals surface area contributed by atoms with Crippen LogP contribution in [-0.4, -0.2) is 42.2 Å². The zero-order valence-electron chi connectivity index (χ0n) is 25.3. The number of hydrogen-bond donors (Lipinski definition) is 1. The van der Waals surface area contributed by atoms with Crippen molar-refractivity contribution in [3.63, 3.8) is 0 Å². The van der Waals surface area contributed by atoms with Crippen molar-refractivity contribution in [2.24, 2.45) is 0 Å². The zero-order chi connectivity index (χ0) is 32.4. The Labute approximate surface area is 271 Å². The van der Waals surface area contributed by atoms with E-state index in [4.69, 9.17) is 26.2 Å². The summed E-state index contributed by atoms with van der Waals surface area (Å²) < 4.78 is 67.0. The third-order valence-corrected chi connectivity index (χ3v) is 9.17. The fourth-order valence-electron chi connectivity index (χ4n) is 5.43. The summed E-state index contributed by atoms with van der Waals surface area (Å²) in [6, 6.07) is 17.0. The largest absolute Gasteiger partial charge is 0.493 e. The van der Waals surface area contributed by atoms with Crippen LogP contribution in [0.15, 0.2) is 89.4 Å². The zero-order valence-corrected chi connectivity index (χ0v) is 26.9. The number of allylic oxidation sites excluding steroid dienone is 3. The topological polar surface area (TPSA) is 41.9 Å². The molecule has 0 saturated carbocycles. The van der Waals surface area contributed by atoms with Crippen LogP contribution >= 0.6 is 23.4 Å². The molecule has 4 rings (SSSR count). The van der Waals surface area contributed by atoms with E-state index < -0.39 is 24.3 Å². The number of halogens is 5. The summed E-state index contributed by atoms with van der Waals surface area (Å²) in [7, 11) is 0. The van der Waals surface area contributed by atoms with E-state index in [1.54, 1.807) is 12.1 Å². The van der Waals surface area contributed by atoms with E-state index in [2.05, 4.69) is 35.3 Å². The molecule has 0 heterocycles. The lowest BCUT2D eigenvalue weighted by Gasteiger charge is -2.34. The molecule has 1 aliphatic rings. The molecular weight excluding hydrogens is 626 g/mol. The van der Waals surface area contributed by atoms with Crippen molar-refractivity contribution >= 4 is 23.4 Å². The molecule has 45 heavy (non-hydrogen) atoms. The van der Waals surface area contributed by atoms with Gasteiger partial charge in [-0.3, -0.25) is 4.90 Å². The van der Waals surface area contributed by atoms with Gasteiger partial charge in [-0.1, -0.05) is 72.3 Å². The fraction of sp³-hybridized carbons (Fsp3) is 0.371. The second-order valence-corrected chi connectivity index (χ2v) is 12.1. The van der Waals surface area contributed by atoms with Crippen LogP contribution in [0.3, 0.4) is 0 Å². The summed E-state index contributed by atoms with van der Waals surface area (Å²) in [5, 5.41) is 8.66. The van der Waals surface area contributed by atoms with Gasteiger partial charge in [0.2, 0.25) is 0 Å². The van der Waals surface area contributed by atoms with Crippen LogP contribution in [0.1, 0.15) is 54.4 Å². The van der Waals surface area contributed by atoms with Gasteiger partial charge in [-0.15, -0.1) is 11.8 Å². The quantitative estimate of drug-likeness (QED) is 0.0997. The van der Waals surface area contributed by atoms with Gasteiger partial charge in [0.15, 0.2) is 0 Å². The van der Waals surface area contributed by atoms with Gasteiger partial charge < -0.3 is 14.6 Å². The average Bonchev–Trinajstić information content (AvgIpc) is 3.03. The lowest BCUT2D eigenvalue weighted by atomic mass is 9.87. The Morgan fingerprint density at radius 2 is 1.84 bits per heavy atom. The van der Waals surface area contributed by atoms with Crippen molar-refractivity contribution < 1.29 is 32.1 Å². The van der Waals surface area contributed by atoms with E-state index in [1.165, 1.54) is 29.5 Å². The standard InChI is InChI=1S/C35H38ClF4NO3S/c1-24(16-17-44-28-18-32(37)30(22-43-23-42)33(19-28)45-2)41(20-27-14-9-15-31(34(27)36)35(38,39)40)21-29(25-10-5-3-6-11-25)26-12-7-4-8-13-26/h3,5-7,9-15,18-19,24,29,42H,4,8,16-17,20-23H2,1-2H3/t24-,29?/m1/s1. The number of nitrogens with zero attached hydrogens (tertiary/aromatic N) is 1. The molecule has 242 valence electrons. The molecule has 0 bridgehead atoms. The Morgan fingerprint density at radius 1 is 1.07 bits per heavy atom. The number of ether oxygens (including phenoxy) is 2. The summed E-state index contributed by atoms with van der Waals surface area (Å²) >= 11 is 7.71. The van der Waals surface area contributed by atoms with E-state index in [1.807, 2.05) is 31.4 Å². The first-order valence-corrected chi connectivity index (χ1v) is 16.4. The van der Waals surface area contributed by atoms with Gasteiger partial charge in [-0.2, -0.15) is 13.2 Å². The maximum Gasteiger partial charge on any atom is 0.417 e. The van der Waals surface area contributed by atoms with Gasteiger partial charge in [0.05, 0.1) is 23.8 Å². The van der Waals surface area contributed by atoms with Crippen molar-refractivity contribution in [3.05, 3.63) is 118 Å². The molecule has 1 N–H and O–H groups in total. The maximum atomic E-state index is 14.8. The molecule has 4 nitrogen and oxygen atoms in total. The van der Waals surface area contributed by atoms with Gasteiger partial charge in [0, 0.05) is 41.6 Å². The summed E-state index contributed by atoms with van der Waals surface area (Å²) in [4.78, 5) is 2.79. The van der Waals surface area contributed by atoms with E-state index in [0.29, 0.717) is 34.7 Å². The highest BCUT2D eigenvalue weighted by molar-refractivity contribution is 7.98. The molecular formula is C35H38ClF4NO3S. The minimum Gasteiger partial charge on any atom is -0.493 e. The Balaban J connectivity index is 1.58. The molecule has 3 aromatic rings. The Bertz CT molecular complexity index is 1470. The third kappa shape index (κ3) is 9.59. The first kappa shape index (κ1) is 35.0. The van der Waals surface area contributed by atoms with Crippen LogP contribution in [0.5, 0.6) is 5.75 Å². The lowest BCUT2D eigenvalue weighted by Crippen LogP contribution is -2.37. The average molecular weight is 664 g/mol. The molecule has 1 unspecified atom stereocenters. The van der Waals surface area contributed by atoms with Gasteiger partial charge in [-0.05, 0) is 61.3 Å². The Hall–Kier alpha value is -2.82. The molecule has 0 radical (unpaired) electrons. The smallest absolute Gasteiger partial charge is 0.417 e. The number of rotatable bonds is 15. The van der Waals surface area contributed by atoms with Crippen molar-refractivity contribution in [1.82, 2.24) is 4.90 Å².